The van der Waals surface area contributed by atoms with Gasteiger partial charge in [-0.25, -0.2) is 4.39 Å². The lowest BCUT2D eigenvalue weighted by atomic mass is 10.2. The molecule has 0 saturated heterocycles. The molecule has 2 aromatic heterocycles. The molecule has 0 atom stereocenters. The van der Waals surface area contributed by atoms with Gasteiger partial charge in [-0.15, -0.1) is 12.4 Å². The Bertz CT molecular complexity index is 711. The molecule has 3 rings (SSSR count). The van der Waals surface area contributed by atoms with Gasteiger partial charge in [0.2, 0.25) is 0 Å². The third-order valence-electron chi connectivity index (χ3n) is 3.34. The Morgan fingerprint density at radius 2 is 2.00 bits per heavy atom. The lowest BCUT2D eigenvalue weighted by Crippen LogP contribution is -2.07. The second kappa shape index (κ2) is 7.09. The van der Waals surface area contributed by atoms with Crippen LogP contribution < -0.4 is 5.32 Å². The van der Waals surface area contributed by atoms with E-state index in [1.807, 2.05) is 12.1 Å². The highest BCUT2D eigenvalue weighted by Crippen LogP contribution is 2.15. The molecule has 5 heteroatoms. The average molecular weight is 306 g/mol. The van der Waals surface area contributed by atoms with E-state index in [0.29, 0.717) is 5.69 Å². The van der Waals surface area contributed by atoms with Gasteiger partial charge in [0, 0.05) is 31.0 Å². The molecule has 0 unspecified atom stereocenters. The van der Waals surface area contributed by atoms with Gasteiger partial charge in [0.15, 0.2) is 5.82 Å². The minimum atomic E-state index is -0.307. The van der Waals surface area contributed by atoms with Crippen LogP contribution in [0.4, 0.5) is 10.1 Å². The van der Waals surface area contributed by atoms with Crippen molar-refractivity contribution in [2.45, 2.75) is 13.0 Å². The van der Waals surface area contributed by atoms with Gasteiger partial charge in [-0.3, -0.25) is 4.98 Å². The van der Waals surface area contributed by atoms with E-state index in [1.54, 1.807) is 12.3 Å². The van der Waals surface area contributed by atoms with Crippen LogP contribution in [0.5, 0.6) is 0 Å². The fourth-order valence-corrected chi connectivity index (χ4v) is 2.33. The summed E-state index contributed by atoms with van der Waals surface area (Å²) in [5.74, 6) is -0.307. The summed E-state index contributed by atoms with van der Waals surface area (Å²) < 4.78 is 15.6. The predicted octanol–water partition coefficient (Wildman–Crippen LogP) is 4.10. The van der Waals surface area contributed by atoms with Crippen LogP contribution >= 0.6 is 12.4 Å². The maximum absolute atomic E-state index is 13.4. The molecule has 0 amide bonds. The van der Waals surface area contributed by atoms with Gasteiger partial charge < -0.3 is 9.88 Å². The smallest absolute Gasteiger partial charge is 0.164 e. The topological polar surface area (TPSA) is 29.9 Å². The summed E-state index contributed by atoms with van der Waals surface area (Å²) in [4.78, 5) is 3.73. The fraction of sp³-hybridized carbons (Fsp3) is 0.188. The van der Waals surface area contributed by atoms with E-state index in [0.717, 1.165) is 19.5 Å². The summed E-state index contributed by atoms with van der Waals surface area (Å²) >= 11 is 0. The number of rotatable bonds is 5. The Hall–Kier alpha value is -2.07. The third kappa shape index (κ3) is 3.52. The lowest BCUT2D eigenvalue weighted by molar-refractivity contribution is 0.621. The van der Waals surface area contributed by atoms with Crippen molar-refractivity contribution in [3.05, 3.63) is 60.8 Å². The number of fused-ring (bicyclic) bond motifs is 1. The standard InChI is InChI=1S/C16H16FN3.ClH/c17-14-12-18-9-6-15(14)19-8-3-10-20-11-7-13-4-1-2-5-16(13)20;/h1-2,4-7,9,11-12H,3,8,10H2,(H,18,19);1H. The maximum atomic E-state index is 13.4. The van der Waals surface area contributed by atoms with Crippen molar-refractivity contribution in [3.8, 4) is 0 Å². The summed E-state index contributed by atoms with van der Waals surface area (Å²) in [5, 5.41) is 4.35. The number of aromatic nitrogens is 2. The lowest BCUT2D eigenvalue weighted by Gasteiger charge is -2.08. The van der Waals surface area contributed by atoms with Crippen molar-refractivity contribution in [2.24, 2.45) is 0 Å². The number of hydrogen-bond donors (Lipinski definition) is 1. The van der Waals surface area contributed by atoms with Gasteiger partial charge in [0.1, 0.15) is 0 Å². The molecule has 3 nitrogen and oxygen atoms in total. The van der Waals surface area contributed by atoms with Crippen molar-refractivity contribution >= 4 is 29.0 Å². The molecule has 2 heterocycles. The Morgan fingerprint density at radius 3 is 2.86 bits per heavy atom. The van der Waals surface area contributed by atoms with E-state index < -0.39 is 0 Å². The van der Waals surface area contributed by atoms with Gasteiger partial charge in [0.05, 0.1) is 11.9 Å². The number of para-hydroxylation sites is 1. The number of nitrogens with one attached hydrogen (secondary N) is 1. The van der Waals surface area contributed by atoms with Crippen molar-refractivity contribution in [1.29, 1.82) is 0 Å². The van der Waals surface area contributed by atoms with Crippen LogP contribution in [0.15, 0.2) is 55.0 Å². The zero-order valence-corrected chi connectivity index (χ0v) is 12.3. The first-order valence-electron chi connectivity index (χ1n) is 6.72. The molecule has 110 valence electrons. The van der Waals surface area contributed by atoms with Crippen LogP contribution in [0, 0.1) is 5.82 Å². The zero-order valence-electron chi connectivity index (χ0n) is 11.5. The number of halogens is 2. The molecule has 0 aliphatic carbocycles. The van der Waals surface area contributed by atoms with E-state index in [9.17, 15) is 4.39 Å². The Kier molecular flexibility index (Phi) is 5.17. The van der Waals surface area contributed by atoms with Gasteiger partial charge >= 0.3 is 0 Å². The second-order valence-corrected chi connectivity index (χ2v) is 4.70. The molecular weight excluding hydrogens is 289 g/mol. The summed E-state index contributed by atoms with van der Waals surface area (Å²) in [6.45, 7) is 1.64. The van der Waals surface area contributed by atoms with Gasteiger partial charge in [-0.05, 0) is 30.0 Å². The molecular formula is C16H17ClFN3. The first kappa shape index (κ1) is 15.3. The number of benzene rings is 1. The molecule has 0 radical (unpaired) electrons. The van der Waals surface area contributed by atoms with Crippen molar-refractivity contribution in [2.75, 3.05) is 11.9 Å². The van der Waals surface area contributed by atoms with E-state index in [4.69, 9.17) is 0 Å². The van der Waals surface area contributed by atoms with Crippen LogP contribution in [0.25, 0.3) is 10.9 Å². The minimum Gasteiger partial charge on any atom is -0.383 e. The molecule has 0 saturated carbocycles. The summed E-state index contributed by atoms with van der Waals surface area (Å²) in [7, 11) is 0. The van der Waals surface area contributed by atoms with Gasteiger partial charge in [0.25, 0.3) is 0 Å². The van der Waals surface area contributed by atoms with Crippen LogP contribution in [-0.4, -0.2) is 16.1 Å². The number of nitrogens with zero attached hydrogens (tertiary/aromatic N) is 2. The number of pyridine rings is 1. The largest absolute Gasteiger partial charge is 0.383 e. The predicted molar refractivity (Wildman–Crippen MR) is 86.5 cm³/mol. The normalized spacial score (nSPS) is 10.3. The minimum absolute atomic E-state index is 0. The third-order valence-corrected chi connectivity index (χ3v) is 3.34. The molecule has 0 fully saturated rings. The molecule has 21 heavy (non-hydrogen) atoms. The van der Waals surface area contributed by atoms with Crippen molar-refractivity contribution < 1.29 is 4.39 Å². The maximum Gasteiger partial charge on any atom is 0.164 e. The number of anilines is 1. The zero-order chi connectivity index (χ0) is 13.8. The monoisotopic (exact) mass is 305 g/mol. The van der Waals surface area contributed by atoms with Crippen LogP contribution in [0.2, 0.25) is 0 Å². The van der Waals surface area contributed by atoms with Crippen LogP contribution in [0.1, 0.15) is 6.42 Å². The van der Waals surface area contributed by atoms with Crippen LogP contribution in [0.3, 0.4) is 0 Å². The first-order valence-corrected chi connectivity index (χ1v) is 6.72. The van der Waals surface area contributed by atoms with Crippen molar-refractivity contribution in [3.63, 3.8) is 0 Å². The number of hydrogen-bond acceptors (Lipinski definition) is 2. The number of aryl methyl sites for hydroxylation is 1. The quantitative estimate of drug-likeness (QED) is 0.719. The Labute approximate surface area is 129 Å². The summed E-state index contributed by atoms with van der Waals surface area (Å²) in [5.41, 5.74) is 1.75. The van der Waals surface area contributed by atoms with E-state index in [1.165, 1.54) is 17.1 Å². The van der Waals surface area contributed by atoms with E-state index in [2.05, 4.69) is 39.3 Å². The summed E-state index contributed by atoms with van der Waals surface area (Å²) in [6.07, 6.45) is 5.84. The molecule has 1 aromatic carbocycles. The van der Waals surface area contributed by atoms with Gasteiger partial charge in [-0.2, -0.15) is 0 Å². The van der Waals surface area contributed by atoms with Crippen LogP contribution in [-0.2, 0) is 6.54 Å². The summed E-state index contributed by atoms with van der Waals surface area (Å²) in [6, 6.07) is 12.1. The average Bonchev–Trinajstić information content (AvgIpc) is 2.89. The molecule has 1 N–H and O–H groups in total. The fourth-order valence-electron chi connectivity index (χ4n) is 2.33. The molecule has 3 aromatic rings. The second-order valence-electron chi connectivity index (χ2n) is 4.70. The molecule has 0 bridgehead atoms. The van der Waals surface area contributed by atoms with E-state index in [-0.39, 0.29) is 18.2 Å². The highest BCUT2D eigenvalue weighted by Gasteiger charge is 2.01. The first-order chi connectivity index (χ1) is 9.84. The van der Waals surface area contributed by atoms with E-state index >= 15 is 0 Å². The SMILES string of the molecule is Cl.Fc1cnccc1NCCCn1ccc2ccccc21. The van der Waals surface area contributed by atoms with Crippen molar-refractivity contribution in [1.82, 2.24) is 9.55 Å². The van der Waals surface area contributed by atoms with Gasteiger partial charge in [-0.1, -0.05) is 18.2 Å². The highest BCUT2D eigenvalue weighted by atomic mass is 35.5. The Morgan fingerprint density at radius 1 is 1.14 bits per heavy atom. The molecule has 0 spiro atoms. The molecule has 0 aliphatic heterocycles. The Balaban J connectivity index is 0.00000161. The highest BCUT2D eigenvalue weighted by molar-refractivity contribution is 5.85. The molecule has 0 aliphatic rings.